The molecule has 0 bridgehead atoms. The summed E-state index contributed by atoms with van der Waals surface area (Å²) in [7, 11) is 1.61. The van der Waals surface area contributed by atoms with Crippen molar-refractivity contribution in [2.45, 2.75) is 0 Å². The van der Waals surface area contributed by atoms with E-state index in [1.165, 1.54) is 11.3 Å². The molecule has 0 saturated heterocycles. The standard InChI is InChI=1S/C17H14N2O2S/c1-21-14-8-3-2-5-11(14)15-12(16(18)20)6-4-7-13(15)17-19-9-10-22-17/h2-10H,1H3,(H2,18,20). The molecule has 110 valence electrons. The van der Waals surface area contributed by atoms with Gasteiger partial charge in [0.25, 0.3) is 0 Å². The molecule has 1 aromatic heterocycles. The molecule has 3 aromatic rings. The van der Waals surface area contributed by atoms with Crippen molar-refractivity contribution in [2.75, 3.05) is 7.11 Å². The molecule has 0 fully saturated rings. The molecular weight excluding hydrogens is 296 g/mol. The maximum absolute atomic E-state index is 11.9. The highest BCUT2D eigenvalue weighted by atomic mass is 32.1. The molecule has 2 N–H and O–H groups in total. The first kappa shape index (κ1) is 14.3. The lowest BCUT2D eigenvalue weighted by Crippen LogP contribution is -2.13. The highest BCUT2D eigenvalue weighted by Gasteiger charge is 2.19. The van der Waals surface area contributed by atoms with Crippen molar-refractivity contribution in [1.82, 2.24) is 4.98 Å². The molecule has 1 heterocycles. The van der Waals surface area contributed by atoms with Crippen molar-refractivity contribution in [3.8, 4) is 27.4 Å². The lowest BCUT2D eigenvalue weighted by molar-refractivity contribution is 0.100. The van der Waals surface area contributed by atoms with Crippen LogP contribution in [0.2, 0.25) is 0 Å². The minimum absolute atomic E-state index is 0.456. The number of aromatic nitrogens is 1. The van der Waals surface area contributed by atoms with Gasteiger partial charge in [0.15, 0.2) is 0 Å². The van der Waals surface area contributed by atoms with Crippen LogP contribution in [0.1, 0.15) is 10.4 Å². The Morgan fingerprint density at radius 3 is 2.59 bits per heavy atom. The van der Waals surface area contributed by atoms with E-state index in [4.69, 9.17) is 10.5 Å². The summed E-state index contributed by atoms with van der Waals surface area (Å²) in [6.07, 6.45) is 1.74. The SMILES string of the molecule is COc1ccccc1-c1c(C(N)=O)cccc1-c1nccs1. The van der Waals surface area contributed by atoms with Crippen LogP contribution in [0, 0.1) is 0 Å². The Balaban J connectivity index is 2.35. The zero-order valence-corrected chi connectivity index (χ0v) is 12.8. The number of thiazole rings is 1. The van der Waals surface area contributed by atoms with Crippen LogP contribution in [0.4, 0.5) is 0 Å². The van der Waals surface area contributed by atoms with Crippen LogP contribution in [-0.2, 0) is 0 Å². The van der Waals surface area contributed by atoms with Gasteiger partial charge in [0.05, 0.1) is 7.11 Å². The number of ether oxygens (including phenoxy) is 1. The van der Waals surface area contributed by atoms with Gasteiger partial charge in [-0.05, 0) is 12.1 Å². The normalized spacial score (nSPS) is 10.4. The van der Waals surface area contributed by atoms with Gasteiger partial charge < -0.3 is 10.5 Å². The summed E-state index contributed by atoms with van der Waals surface area (Å²) in [4.78, 5) is 16.2. The molecule has 1 amide bonds. The molecule has 4 nitrogen and oxygen atoms in total. The molecule has 0 unspecified atom stereocenters. The minimum Gasteiger partial charge on any atom is -0.496 e. The van der Waals surface area contributed by atoms with Crippen LogP contribution in [0.25, 0.3) is 21.7 Å². The van der Waals surface area contributed by atoms with Crippen molar-refractivity contribution in [3.05, 3.63) is 59.6 Å². The van der Waals surface area contributed by atoms with Gasteiger partial charge in [-0.15, -0.1) is 11.3 Å². The van der Waals surface area contributed by atoms with E-state index >= 15 is 0 Å². The minimum atomic E-state index is -0.473. The number of primary amides is 1. The van der Waals surface area contributed by atoms with Crippen molar-refractivity contribution >= 4 is 17.2 Å². The molecule has 0 saturated carbocycles. The number of nitrogens with two attached hydrogens (primary N) is 1. The Morgan fingerprint density at radius 2 is 1.91 bits per heavy atom. The molecule has 0 radical (unpaired) electrons. The molecule has 0 atom stereocenters. The molecule has 2 aromatic carbocycles. The van der Waals surface area contributed by atoms with Gasteiger partial charge in [0.1, 0.15) is 10.8 Å². The number of carbonyl (C=O) groups is 1. The maximum Gasteiger partial charge on any atom is 0.249 e. The van der Waals surface area contributed by atoms with E-state index in [1.807, 2.05) is 41.8 Å². The van der Waals surface area contributed by atoms with Crippen LogP contribution in [0.5, 0.6) is 5.75 Å². The summed E-state index contributed by atoms with van der Waals surface area (Å²) in [5.74, 6) is 0.216. The number of rotatable bonds is 4. The Labute approximate surface area is 132 Å². The third-order valence-electron chi connectivity index (χ3n) is 3.37. The third-order valence-corrected chi connectivity index (χ3v) is 4.18. The number of hydrogen-bond acceptors (Lipinski definition) is 4. The predicted molar refractivity (Wildman–Crippen MR) is 88.1 cm³/mol. The van der Waals surface area contributed by atoms with Crippen molar-refractivity contribution in [3.63, 3.8) is 0 Å². The lowest BCUT2D eigenvalue weighted by atomic mass is 9.93. The molecule has 5 heteroatoms. The highest BCUT2D eigenvalue weighted by molar-refractivity contribution is 7.13. The van der Waals surface area contributed by atoms with Gasteiger partial charge in [-0.3, -0.25) is 4.79 Å². The first-order valence-electron chi connectivity index (χ1n) is 6.68. The zero-order chi connectivity index (χ0) is 15.5. The van der Waals surface area contributed by atoms with Crippen LogP contribution >= 0.6 is 11.3 Å². The van der Waals surface area contributed by atoms with E-state index in [0.717, 1.165) is 21.7 Å². The van der Waals surface area contributed by atoms with Gasteiger partial charge in [-0.25, -0.2) is 4.98 Å². The number of methoxy groups -OCH3 is 1. The molecule has 3 rings (SSSR count). The second-order valence-corrected chi connectivity index (χ2v) is 5.52. The zero-order valence-electron chi connectivity index (χ0n) is 11.9. The van der Waals surface area contributed by atoms with Crippen molar-refractivity contribution < 1.29 is 9.53 Å². The maximum atomic E-state index is 11.9. The van der Waals surface area contributed by atoms with E-state index in [-0.39, 0.29) is 0 Å². The summed E-state index contributed by atoms with van der Waals surface area (Å²) in [6, 6.07) is 13.0. The Kier molecular flexibility index (Phi) is 3.89. The number of carbonyl (C=O) groups excluding carboxylic acids is 1. The Morgan fingerprint density at radius 1 is 1.14 bits per heavy atom. The highest BCUT2D eigenvalue weighted by Crippen LogP contribution is 2.39. The summed E-state index contributed by atoms with van der Waals surface area (Å²) in [5.41, 5.74) is 8.47. The summed E-state index contributed by atoms with van der Waals surface area (Å²) in [5, 5.41) is 2.74. The summed E-state index contributed by atoms with van der Waals surface area (Å²) in [6.45, 7) is 0. The monoisotopic (exact) mass is 310 g/mol. The lowest BCUT2D eigenvalue weighted by Gasteiger charge is -2.15. The molecule has 0 aliphatic heterocycles. The van der Waals surface area contributed by atoms with E-state index in [1.54, 1.807) is 19.4 Å². The average molecular weight is 310 g/mol. The second kappa shape index (κ2) is 5.99. The molecular formula is C17H14N2O2S. The summed E-state index contributed by atoms with van der Waals surface area (Å²) >= 11 is 1.51. The van der Waals surface area contributed by atoms with Crippen molar-refractivity contribution in [1.29, 1.82) is 0 Å². The molecule has 0 spiro atoms. The van der Waals surface area contributed by atoms with Gasteiger partial charge in [-0.1, -0.05) is 30.3 Å². The molecule has 0 aliphatic rings. The predicted octanol–water partition coefficient (Wildman–Crippen LogP) is 3.58. The van der Waals surface area contributed by atoms with E-state index in [9.17, 15) is 4.79 Å². The first-order valence-corrected chi connectivity index (χ1v) is 7.56. The van der Waals surface area contributed by atoms with Gasteiger partial charge >= 0.3 is 0 Å². The first-order chi connectivity index (χ1) is 10.7. The quantitative estimate of drug-likeness (QED) is 0.801. The number of nitrogens with zero attached hydrogens (tertiary/aromatic N) is 1. The van der Waals surface area contributed by atoms with Gasteiger partial charge in [-0.2, -0.15) is 0 Å². The average Bonchev–Trinajstić information content (AvgIpc) is 3.08. The number of para-hydroxylation sites is 1. The van der Waals surface area contributed by atoms with Gasteiger partial charge in [0.2, 0.25) is 5.91 Å². The fourth-order valence-corrected chi connectivity index (χ4v) is 3.10. The van der Waals surface area contributed by atoms with Crippen LogP contribution in [-0.4, -0.2) is 18.0 Å². The number of hydrogen-bond donors (Lipinski definition) is 1. The largest absolute Gasteiger partial charge is 0.496 e. The molecule has 22 heavy (non-hydrogen) atoms. The van der Waals surface area contributed by atoms with Gasteiger partial charge in [0, 0.05) is 33.8 Å². The fraction of sp³-hybridized carbons (Fsp3) is 0.0588. The van der Waals surface area contributed by atoms with Crippen LogP contribution < -0.4 is 10.5 Å². The molecule has 0 aliphatic carbocycles. The van der Waals surface area contributed by atoms with E-state index in [2.05, 4.69) is 4.98 Å². The Bertz CT molecular complexity index is 813. The summed E-state index contributed by atoms with van der Waals surface area (Å²) < 4.78 is 5.44. The fourth-order valence-electron chi connectivity index (χ4n) is 2.43. The van der Waals surface area contributed by atoms with E-state index in [0.29, 0.717) is 11.3 Å². The van der Waals surface area contributed by atoms with E-state index < -0.39 is 5.91 Å². The van der Waals surface area contributed by atoms with Crippen LogP contribution in [0.15, 0.2) is 54.0 Å². The van der Waals surface area contributed by atoms with Crippen molar-refractivity contribution in [2.24, 2.45) is 5.73 Å². The third kappa shape index (κ3) is 2.46. The number of benzene rings is 2. The topological polar surface area (TPSA) is 65.2 Å². The second-order valence-electron chi connectivity index (χ2n) is 4.63. The smallest absolute Gasteiger partial charge is 0.249 e. The number of amides is 1. The Hall–Kier alpha value is -2.66. The van der Waals surface area contributed by atoms with Crippen LogP contribution in [0.3, 0.4) is 0 Å².